The van der Waals surface area contributed by atoms with Crippen molar-refractivity contribution >= 4 is 11.6 Å². The van der Waals surface area contributed by atoms with Crippen molar-refractivity contribution in [2.24, 2.45) is 0 Å². The fourth-order valence-electron chi connectivity index (χ4n) is 2.64. The number of pyridine rings is 1. The Balaban J connectivity index is 1.76. The molecule has 0 aliphatic rings. The Morgan fingerprint density at radius 2 is 1.80 bits per heavy atom. The summed E-state index contributed by atoms with van der Waals surface area (Å²) in [7, 11) is 3.91. The summed E-state index contributed by atoms with van der Waals surface area (Å²) in [4.78, 5) is 18.9. The molecule has 1 amide bonds. The zero-order chi connectivity index (χ0) is 17.6. The molecule has 0 aliphatic heterocycles. The molecule has 4 nitrogen and oxygen atoms in total. The highest BCUT2D eigenvalue weighted by molar-refractivity contribution is 5.95. The molecule has 2 aromatic carbocycles. The summed E-state index contributed by atoms with van der Waals surface area (Å²) in [5.74, 6) is -0.0911. The number of carbonyl (C=O) groups excluding carboxylic acids is 1. The summed E-state index contributed by atoms with van der Waals surface area (Å²) in [6.07, 6.45) is 1.77. The van der Waals surface area contributed by atoms with E-state index in [1.165, 1.54) is 0 Å². The second-order valence-electron chi connectivity index (χ2n) is 6.00. The monoisotopic (exact) mass is 331 g/mol. The summed E-state index contributed by atoms with van der Waals surface area (Å²) in [5.41, 5.74) is 4.58. The Morgan fingerprint density at radius 3 is 2.56 bits per heavy atom. The van der Waals surface area contributed by atoms with Crippen LogP contribution in [0.2, 0.25) is 0 Å². The van der Waals surface area contributed by atoms with Crippen molar-refractivity contribution < 1.29 is 4.79 Å². The first-order chi connectivity index (χ1) is 12.1. The topological polar surface area (TPSA) is 45.2 Å². The molecule has 4 heteroatoms. The molecule has 0 atom stereocenters. The fourth-order valence-corrected chi connectivity index (χ4v) is 2.64. The molecule has 3 aromatic rings. The van der Waals surface area contributed by atoms with Gasteiger partial charge in [-0.05, 0) is 29.8 Å². The zero-order valence-corrected chi connectivity index (χ0v) is 14.4. The Kier molecular flexibility index (Phi) is 5.09. The van der Waals surface area contributed by atoms with Crippen LogP contribution >= 0.6 is 0 Å². The minimum absolute atomic E-state index is 0.0911. The largest absolute Gasteiger partial charge is 0.378 e. The number of hydrogen-bond donors (Lipinski definition) is 1. The average Bonchev–Trinajstić information content (AvgIpc) is 2.67. The number of nitrogens with zero attached hydrogens (tertiary/aromatic N) is 2. The molecule has 1 aromatic heterocycles. The minimum Gasteiger partial charge on any atom is -0.378 e. The van der Waals surface area contributed by atoms with Crippen LogP contribution in [0.15, 0.2) is 72.9 Å². The standard InChI is InChI=1S/C21H21N3O/c1-24(2)19-12-6-10-17(14-19)21(25)23-15-18-11-7-13-22-20(18)16-8-4-3-5-9-16/h3-14H,15H2,1-2H3,(H,23,25). The van der Waals surface area contributed by atoms with E-state index >= 15 is 0 Å². The SMILES string of the molecule is CN(C)c1cccc(C(=O)NCc2cccnc2-c2ccccc2)c1. The summed E-state index contributed by atoms with van der Waals surface area (Å²) >= 11 is 0. The van der Waals surface area contributed by atoms with Crippen LogP contribution in [0.4, 0.5) is 5.69 Å². The second-order valence-corrected chi connectivity index (χ2v) is 6.00. The lowest BCUT2D eigenvalue weighted by atomic mass is 10.1. The molecule has 0 saturated carbocycles. The number of aromatic nitrogens is 1. The van der Waals surface area contributed by atoms with Gasteiger partial charge in [-0.2, -0.15) is 0 Å². The van der Waals surface area contributed by atoms with Crippen molar-refractivity contribution in [3.63, 3.8) is 0 Å². The van der Waals surface area contributed by atoms with Crippen molar-refractivity contribution in [1.29, 1.82) is 0 Å². The van der Waals surface area contributed by atoms with E-state index < -0.39 is 0 Å². The molecular weight excluding hydrogens is 310 g/mol. The summed E-state index contributed by atoms with van der Waals surface area (Å²) in [5, 5.41) is 2.99. The third-order valence-corrected chi connectivity index (χ3v) is 4.00. The lowest BCUT2D eigenvalue weighted by Crippen LogP contribution is -2.23. The Labute approximate surface area is 148 Å². The van der Waals surface area contributed by atoms with E-state index in [1.807, 2.05) is 85.7 Å². The van der Waals surface area contributed by atoms with E-state index in [4.69, 9.17) is 0 Å². The Hall–Kier alpha value is -3.14. The minimum atomic E-state index is -0.0911. The first kappa shape index (κ1) is 16.7. The van der Waals surface area contributed by atoms with Gasteiger partial charge >= 0.3 is 0 Å². The second kappa shape index (κ2) is 7.62. The van der Waals surface area contributed by atoms with Gasteiger partial charge in [-0.25, -0.2) is 0 Å². The number of hydrogen-bond acceptors (Lipinski definition) is 3. The lowest BCUT2D eigenvalue weighted by molar-refractivity contribution is 0.0951. The number of amides is 1. The quantitative estimate of drug-likeness (QED) is 0.774. The number of anilines is 1. The maximum absolute atomic E-state index is 12.5. The molecule has 3 rings (SSSR count). The summed E-state index contributed by atoms with van der Waals surface area (Å²) in [6.45, 7) is 0.434. The van der Waals surface area contributed by atoms with Crippen molar-refractivity contribution in [1.82, 2.24) is 10.3 Å². The van der Waals surface area contributed by atoms with E-state index in [9.17, 15) is 4.79 Å². The Morgan fingerprint density at radius 1 is 1.00 bits per heavy atom. The van der Waals surface area contributed by atoms with Gasteiger partial charge in [0.15, 0.2) is 0 Å². The van der Waals surface area contributed by atoms with E-state index in [0.29, 0.717) is 12.1 Å². The van der Waals surface area contributed by atoms with Gasteiger partial charge in [-0.1, -0.05) is 42.5 Å². The maximum Gasteiger partial charge on any atom is 0.251 e. The molecule has 25 heavy (non-hydrogen) atoms. The molecule has 0 radical (unpaired) electrons. The predicted octanol–water partition coefficient (Wildman–Crippen LogP) is 3.74. The van der Waals surface area contributed by atoms with E-state index in [0.717, 1.165) is 22.5 Å². The van der Waals surface area contributed by atoms with Gasteiger partial charge in [0.1, 0.15) is 0 Å². The van der Waals surface area contributed by atoms with Gasteiger partial charge < -0.3 is 10.2 Å². The molecule has 0 aliphatic carbocycles. The third kappa shape index (κ3) is 4.04. The third-order valence-electron chi connectivity index (χ3n) is 4.00. The van der Waals surface area contributed by atoms with Crippen LogP contribution < -0.4 is 10.2 Å². The van der Waals surface area contributed by atoms with Gasteiger partial charge in [-0.15, -0.1) is 0 Å². The van der Waals surface area contributed by atoms with E-state index in [-0.39, 0.29) is 5.91 Å². The van der Waals surface area contributed by atoms with Crippen molar-refractivity contribution in [2.75, 3.05) is 19.0 Å². The maximum atomic E-state index is 12.5. The van der Waals surface area contributed by atoms with Crippen LogP contribution in [0, 0.1) is 0 Å². The fraction of sp³-hybridized carbons (Fsp3) is 0.143. The normalized spacial score (nSPS) is 10.3. The lowest BCUT2D eigenvalue weighted by Gasteiger charge is -2.14. The highest BCUT2D eigenvalue weighted by Gasteiger charge is 2.10. The van der Waals surface area contributed by atoms with E-state index in [2.05, 4.69) is 10.3 Å². The number of rotatable bonds is 5. The van der Waals surface area contributed by atoms with Crippen LogP contribution in [0.1, 0.15) is 15.9 Å². The smallest absolute Gasteiger partial charge is 0.251 e. The number of carbonyl (C=O) groups is 1. The van der Waals surface area contributed by atoms with Crippen molar-refractivity contribution in [3.05, 3.63) is 84.1 Å². The first-order valence-corrected chi connectivity index (χ1v) is 8.20. The van der Waals surface area contributed by atoms with Gasteiger partial charge in [-0.3, -0.25) is 9.78 Å². The van der Waals surface area contributed by atoms with Gasteiger partial charge in [0, 0.05) is 43.7 Å². The Bertz CT molecular complexity index is 860. The van der Waals surface area contributed by atoms with Crippen LogP contribution in [0.3, 0.4) is 0 Å². The molecule has 0 fully saturated rings. The molecule has 1 heterocycles. The van der Waals surface area contributed by atoms with Crippen LogP contribution in [-0.2, 0) is 6.54 Å². The molecular formula is C21H21N3O. The number of nitrogens with one attached hydrogen (secondary N) is 1. The number of benzene rings is 2. The zero-order valence-electron chi connectivity index (χ0n) is 14.4. The summed E-state index contributed by atoms with van der Waals surface area (Å²) < 4.78 is 0. The molecule has 0 bridgehead atoms. The van der Waals surface area contributed by atoms with Gasteiger partial charge in [0.25, 0.3) is 5.91 Å². The highest BCUT2D eigenvalue weighted by Crippen LogP contribution is 2.21. The highest BCUT2D eigenvalue weighted by atomic mass is 16.1. The van der Waals surface area contributed by atoms with Crippen LogP contribution in [0.5, 0.6) is 0 Å². The molecule has 0 spiro atoms. The molecule has 1 N–H and O–H groups in total. The molecule has 0 unspecified atom stereocenters. The van der Waals surface area contributed by atoms with Gasteiger partial charge in [0.2, 0.25) is 0 Å². The van der Waals surface area contributed by atoms with Crippen molar-refractivity contribution in [2.45, 2.75) is 6.54 Å². The molecule has 0 saturated heterocycles. The van der Waals surface area contributed by atoms with E-state index in [1.54, 1.807) is 6.20 Å². The average molecular weight is 331 g/mol. The molecule has 126 valence electrons. The van der Waals surface area contributed by atoms with Gasteiger partial charge in [0.05, 0.1) is 5.69 Å². The van der Waals surface area contributed by atoms with Crippen molar-refractivity contribution in [3.8, 4) is 11.3 Å². The predicted molar refractivity (Wildman–Crippen MR) is 102 cm³/mol. The van der Waals surface area contributed by atoms with Crippen LogP contribution in [-0.4, -0.2) is 25.0 Å². The van der Waals surface area contributed by atoms with Crippen LogP contribution in [0.25, 0.3) is 11.3 Å². The first-order valence-electron chi connectivity index (χ1n) is 8.20. The summed E-state index contributed by atoms with van der Waals surface area (Å²) in [6, 6.07) is 21.5.